The molecule has 0 spiro atoms. The van der Waals surface area contributed by atoms with Crippen molar-refractivity contribution < 1.29 is 19.5 Å². The molecular formula is C11H15NO4. The van der Waals surface area contributed by atoms with Crippen molar-refractivity contribution in [2.75, 3.05) is 0 Å². The number of nitrogens with zero attached hydrogens (tertiary/aromatic N) is 1. The predicted molar refractivity (Wildman–Crippen MR) is 55.1 cm³/mol. The van der Waals surface area contributed by atoms with Gasteiger partial charge in [0.2, 0.25) is 0 Å². The molecule has 0 saturated carbocycles. The van der Waals surface area contributed by atoms with Crippen molar-refractivity contribution in [2.24, 2.45) is 0 Å². The lowest BCUT2D eigenvalue weighted by atomic mass is 9.89. The summed E-state index contributed by atoms with van der Waals surface area (Å²) < 4.78 is 5.14. The fourth-order valence-corrected chi connectivity index (χ4v) is 2.27. The summed E-state index contributed by atoms with van der Waals surface area (Å²) in [6, 6.07) is 0. The van der Waals surface area contributed by atoms with Crippen LogP contribution in [0.15, 0.2) is 4.52 Å². The van der Waals surface area contributed by atoms with Crippen LogP contribution in [0.2, 0.25) is 0 Å². The van der Waals surface area contributed by atoms with Crippen molar-refractivity contribution in [3.05, 3.63) is 17.0 Å². The summed E-state index contributed by atoms with van der Waals surface area (Å²) in [7, 11) is 0. The van der Waals surface area contributed by atoms with Crippen LogP contribution in [0.1, 0.15) is 49.6 Å². The van der Waals surface area contributed by atoms with E-state index in [0.29, 0.717) is 29.9 Å². The molecule has 2 N–H and O–H groups in total. The third-order valence-corrected chi connectivity index (χ3v) is 3.01. The normalized spacial score (nSPS) is 23.8. The third-order valence-electron chi connectivity index (χ3n) is 3.01. The molecule has 1 unspecified atom stereocenters. The summed E-state index contributed by atoms with van der Waals surface area (Å²) in [6.45, 7) is 3.88. The molecular weight excluding hydrogens is 210 g/mol. The van der Waals surface area contributed by atoms with Crippen molar-refractivity contribution in [3.8, 4) is 0 Å². The average Bonchev–Trinajstić information content (AvgIpc) is 2.67. The van der Waals surface area contributed by atoms with Gasteiger partial charge in [0, 0.05) is 6.42 Å². The molecule has 1 aromatic rings. The van der Waals surface area contributed by atoms with Crippen LogP contribution < -0.4 is 0 Å². The largest absolute Gasteiger partial charge is 0.481 e. The number of carboxylic acids is 1. The Hall–Kier alpha value is -1.36. The van der Waals surface area contributed by atoms with Crippen molar-refractivity contribution in [2.45, 2.75) is 44.6 Å². The molecule has 0 saturated heterocycles. The number of carboxylic acid groups (broad SMARTS) is 1. The molecule has 1 aromatic heterocycles. The Morgan fingerprint density at radius 3 is 2.88 bits per heavy atom. The van der Waals surface area contributed by atoms with Gasteiger partial charge in [0.05, 0.1) is 17.7 Å². The summed E-state index contributed by atoms with van der Waals surface area (Å²) in [6.07, 6.45) is 0.662. The zero-order valence-electron chi connectivity index (χ0n) is 9.36. The van der Waals surface area contributed by atoms with Gasteiger partial charge in [-0.05, 0) is 12.3 Å². The van der Waals surface area contributed by atoms with E-state index in [4.69, 9.17) is 9.63 Å². The van der Waals surface area contributed by atoms with Crippen LogP contribution in [0.3, 0.4) is 0 Å². The molecule has 0 radical (unpaired) electrons. The SMILES string of the molecule is CC(C)c1noc2c1C(O)(CC(=O)O)CC2. The van der Waals surface area contributed by atoms with Crippen LogP contribution in [0.5, 0.6) is 0 Å². The summed E-state index contributed by atoms with van der Waals surface area (Å²) in [5, 5.41) is 23.1. The summed E-state index contributed by atoms with van der Waals surface area (Å²) in [5.41, 5.74) is -0.0259. The fourth-order valence-electron chi connectivity index (χ4n) is 2.27. The number of aromatic nitrogens is 1. The summed E-state index contributed by atoms with van der Waals surface area (Å²) in [4.78, 5) is 10.8. The molecule has 16 heavy (non-hydrogen) atoms. The molecule has 2 rings (SSSR count). The minimum atomic E-state index is -1.30. The number of aliphatic hydroxyl groups is 1. The monoisotopic (exact) mass is 225 g/mol. The zero-order chi connectivity index (χ0) is 11.9. The number of carbonyl (C=O) groups is 1. The van der Waals surface area contributed by atoms with E-state index in [0.717, 1.165) is 0 Å². The number of aryl methyl sites for hydroxylation is 1. The summed E-state index contributed by atoms with van der Waals surface area (Å²) in [5.74, 6) is -0.260. The van der Waals surface area contributed by atoms with Crippen LogP contribution in [-0.4, -0.2) is 21.3 Å². The van der Waals surface area contributed by atoms with E-state index in [2.05, 4.69) is 5.16 Å². The number of fused-ring (bicyclic) bond motifs is 1. The molecule has 1 heterocycles. The maximum atomic E-state index is 10.8. The lowest BCUT2D eigenvalue weighted by Crippen LogP contribution is -2.27. The van der Waals surface area contributed by atoms with E-state index in [9.17, 15) is 9.90 Å². The van der Waals surface area contributed by atoms with E-state index in [1.165, 1.54) is 0 Å². The molecule has 1 aliphatic rings. The second kappa shape index (κ2) is 3.59. The lowest BCUT2D eigenvalue weighted by Gasteiger charge is -2.21. The van der Waals surface area contributed by atoms with Gasteiger partial charge in [-0.1, -0.05) is 19.0 Å². The van der Waals surface area contributed by atoms with Gasteiger partial charge in [0.1, 0.15) is 11.4 Å². The highest BCUT2D eigenvalue weighted by atomic mass is 16.5. The number of hydrogen-bond donors (Lipinski definition) is 2. The van der Waals surface area contributed by atoms with Gasteiger partial charge < -0.3 is 14.7 Å². The van der Waals surface area contributed by atoms with Crippen LogP contribution in [0.25, 0.3) is 0 Å². The van der Waals surface area contributed by atoms with Crippen LogP contribution in [-0.2, 0) is 16.8 Å². The Bertz CT molecular complexity index is 424. The molecule has 1 aliphatic carbocycles. The van der Waals surface area contributed by atoms with Crippen molar-refractivity contribution in [1.29, 1.82) is 0 Å². The molecule has 88 valence electrons. The first kappa shape index (κ1) is 11.1. The van der Waals surface area contributed by atoms with Gasteiger partial charge in [0.15, 0.2) is 0 Å². The van der Waals surface area contributed by atoms with E-state index in [1.54, 1.807) is 0 Å². The van der Waals surface area contributed by atoms with Gasteiger partial charge in [-0.15, -0.1) is 0 Å². The second-order valence-corrected chi connectivity index (χ2v) is 4.62. The standard InChI is InChI=1S/C11H15NO4/c1-6(2)10-9-7(16-12-10)3-4-11(9,15)5-8(13)14/h6,15H,3-5H2,1-2H3,(H,13,14). The number of aliphatic carboxylic acids is 1. The molecule has 0 fully saturated rings. The van der Waals surface area contributed by atoms with Crippen molar-refractivity contribution in [3.63, 3.8) is 0 Å². The Labute approximate surface area is 93.1 Å². The quantitative estimate of drug-likeness (QED) is 0.812. The first-order valence-corrected chi connectivity index (χ1v) is 5.37. The molecule has 5 nitrogen and oxygen atoms in total. The molecule has 0 aliphatic heterocycles. The maximum Gasteiger partial charge on any atom is 0.306 e. The highest BCUT2D eigenvalue weighted by Gasteiger charge is 2.44. The number of rotatable bonds is 3. The second-order valence-electron chi connectivity index (χ2n) is 4.62. The van der Waals surface area contributed by atoms with Gasteiger partial charge in [-0.25, -0.2) is 0 Å². The predicted octanol–water partition coefficient (Wildman–Crippen LogP) is 1.41. The Morgan fingerprint density at radius 2 is 2.31 bits per heavy atom. The Balaban J connectivity index is 2.43. The highest BCUT2D eigenvalue weighted by molar-refractivity contribution is 5.69. The van der Waals surface area contributed by atoms with E-state index in [1.807, 2.05) is 13.8 Å². The minimum absolute atomic E-state index is 0.117. The third kappa shape index (κ3) is 1.61. The Kier molecular flexibility index (Phi) is 2.50. The minimum Gasteiger partial charge on any atom is -0.481 e. The molecule has 1 atom stereocenters. The molecule has 0 amide bonds. The van der Waals surface area contributed by atoms with E-state index >= 15 is 0 Å². The van der Waals surface area contributed by atoms with Crippen molar-refractivity contribution >= 4 is 5.97 Å². The fraction of sp³-hybridized carbons (Fsp3) is 0.636. The van der Waals surface area contributed by atoms with Gasteiger partial charge in [-0.2, -0.15) is 0 Å². The maximum absolute atomic E-state index is 10.8. The summed E-state index contributed by atoms with van der Waals surface area (Å²) >= 11 is 0. The van der Waals surface area contributed by atoms with Crippen LogP contribution >= 0.6 is 0 Å². The van der Waals surface area contributed by atoms with Crippen molar-refractivity contribution in [1.82, 2.24) is 5.16 Å². The van der Waals surface area contributed by atoms with Gasteiger partial charge in [0.25, 0.3) is 0 Å². The molecule has 0 aromatic carbocycles. The molecule has 5 heteroatoms. The smallest absolute Gasteiger partial charge is 0.306 e. The lowest BCUT2D eigenvalue weighted by molar-refractivity contribution is -0.142. The highest BCUT2D eigenvalue weighted by Crippen LogP contribution is 2.43. The first-order chi connectivity index (χ1) is 7.44. The first-order valence-electron chi connectivity index (χ1n) is 5.37. The van der Waals surface area contributed by atoms with Gasteiger partial charge in [-0.3, -0.25) is 4.79 Å². The van der Waals surface area contributed by atoms with Gasteiger partial charge >= 0.3 is 5.97 Å². The van der Waals surface area contributed by atoms with E-state index in [-0.39, 0.29) is 12.3 Å². The zero-order valence-corrected chi connectivity index (χ0v) is 9.36. The van der Waals surface area contributed by atoms with Crippen LogP contribution in [0.4, 0.5) is 0 Å². The van der Waals surface area contributed by atoms with E-state index < -0.39 is 11.6 Å². The average molecular weight is 225 g/mol. The number of hydrogen-bond acceptors (Lipinski definition) is 4. The topological polar surface area (TPSA) is 83.6 Å². The van der Waals surface area contributed by atoms with Crippen LogP contribution in [0, 0.1) is 0 Å². The Morgan fingerprint density at radius 1 is 1.62 bits per heavy atom. The molecule has 0 bridgehead atoms.